The first kappa shape index (κ1) is 17.5. The quantitative estimate of drug-likeness (QED) is 0.472. The van der Waals surface area contributed by atoms with Crippen molar-refractivity contribution in [1.82, 2.24) is 19.1 Å². The van der Waals surface area contributed by atoms with Gasteiger partial charge in [0.05, 0.1) is 6.61 Å². The molecule has 2 heterocycles. The molecule has 0 aliphatic heterocycles. The first-order valence-corrected chi connectivity index (χ1v) is 8.34. The van der Waals surface area contributed by atoms with Crippen LogP contribution in [0.2, 0.25) is 0 Å². The van der Waals surface area contributed by atoms with Crippen LogP contribution in [-0.4, -0.2) is 32.3 Å². The average molecular weight is 355 g/mol. The highest BCUT2D eigenvalue weighted by molar-refractivity contribution is 5.74. The van der Waals surface area contributed by atoms with Gasteiger partial charge in [-0.3, -0.25) is 14.3 Å². The molecule has 0 radical (unpaired) electrons. The number of imidazole rings is 1. The van der Waals surface area contributed by atoms with Crippen molar-refractivity contribution in [2.24, 2.45) is 7.05 Å². The van der Waals surface area contributed by atoms with Crippen molar-refractivity contribution < 1.29 is 4.74 Å². The Kier molecular flexibility index (Phi) is 5.21. The summed E-state index contributed by atoms with van der Waals surface area (Å²) < 4.78 is 8.79. The molecule has 3 aromatic rings. The molecule has 0 saturated heterocycles. The molecule has 0 saturated carbocycles. The van der Waals surface area contributed by atoms with E-state index in [9.17, 15) is 9.59 Å². The molecule has 8 heteroatoms. The fourth-order valence-corrected chi connectivity index (χ4v) is 2.68. The average Bonchev–Trinajstić information content (AvgIpc) is 3.01. The Balaban J connectivity index is 1.85. The number of aryl methyl sites for hydroxylation is 2. The molecule has 2 N–H and O–H groups in total. The van der Waals surface area contributed by atoms with E-state index in [0.717, 1.165) is 5.75 Å². The first-order valence-electron chi connectivity index (χ1n) is 8.34. The van der Waals surface area contributed by atoms with E-state index in [1.54, 1.807) is 17.7 Å². The van der Waals surface area contributed by atoms with Gasteiger partial charge < -0.3 is 14.6 Å². The molecule has 0 aliphatic rings. The van der Waals surface area contributed by atoms with E-state index < -0.39 is 11.2 Å². The molecule has 0 bridgehead atoms. The van der Waals surface area contributed by atoms with Crippen molar-refractivity contribution in [3.05, 3.63) is 63.8 Å². The van der Waals surface area contributed by atoms with Crippen molar-refractivity contribution >= 4 is 17.1 Å². The number of para-hydroxylation sites is 1. The lowest BCUT2D eigenvalue weighted by Gasteiger charge is -2.10. The number of fused-ring (bicyclic) bond motifs is 1. The highest BCUT2D eigenvalue weighted by Gasteiger charge is 2.16. The van der Waals surface area contributed by atoms with Gasteiger partial charge in [-0.25, -0.2) is 4.79 Å². The second-order valence-corrected chi connectivity index (χ2v) is 5.76. The number of hydrogen-bond acceptors (Lipinski definition) is 5. The number of nitrogens with zero attached hydrogens (tertiary/aromatic N) is 3. The summed E-state index contributed by atoms with van der Waals surface area (Å²) in [4.78, 5) is 30.8. The summed E-state index contributed by atoms with van der Waals surface area (Å²) in [6.07, 6.45) is 2.37. The summed E-state index contributed by atoms with van der Waals surface area (Å²) in [7, 11) is 1.58. The van der Waals surface area contributed by atoms with Gasteiger partial charge >= 0.3 is 5.69 Å². The number of aromatic nitrogens is 4. The molecule has 0 spiro atoms. The highest BCUT2D eigenvalue weighted by Crippen LogP contribution is 2.16. The van der Waals surface area contributed by atoms with Crippen LogP contribution in [0.1, 0.15) is 6.42 Å². The molecule has 136 valence electrons. The van der Waals surface area contributed by atoms with Gasteiger partial charge in [0.1, 0.15) is 5.75 Å². The lowest BCUT2D eigenvalue weighted by Crippen LogP contribution is -2.29. The van der Waals surface area contributed by atoms with Gasteiger partial charge in [-0.2, -0.15) is 4.98 Å². The largest absolute Gasteiger partial charge is 0.494 e. The molecular formula is C18H21N5O3. The number of benzene rings is 1. The van der Waals surface area contributed by atoms with Gasteiger partial charge in [0.2, 0.25) is 5.95 Å². The number of ether oxygens (including phenoxy) is 1. The maximum atomic E-state index is 12.3. The Morgan fingerprint density at radius 1 is 1.31 bits per heavy atom. The third kappa shape index (κ3) is 3.53. The number of rotatable bonds is 8. The maximum Gasteiger partial charge on any atom is 0.329 e. The molecule has 0 fully saturated rings. The SMILES string of the molecule is C=CCNc1nc2c(c(=O)[nH]c(=O)n2C)n1CCCOc1ccccc1. The summed E-state index contributed by atoms with van der Waals surface area (Å²) >= 11 is 0. The van der Waals surface area contributed by atoms with Gasteiger partial charge in [0.15, 0.2) is 11.2 Å². The van der Waals surface area contributed by atoms with Crippen molar-refractivity contribution in [1.29, 1.82) is 0 Å². The molecule has 8 nitrogen and oxygen atoms in total. The summed E-state index contributed by atoms with van der Waals surface area (Å²) in [6, 6.07) is 9.54. The monoisotopic (exact) mass is 355 g/mol. The van der Waals surface area contributed by atoms with E-state index in [-0.39, 0.29) is 0 Å². The number of anilines is 1. The van der Waals surface area contributed by atoms with Crippen molar-refractivity contribution in [3.63, 3.8) is 0 Å². The zero-order chi connectivity index (χ0) is 18.5. The normalized spacial score (nSPS) is 10.8. The molecule has 0 atom stereocenters. The summed E-state index contributed by atoms with van der Waals surface area (Å²) in [6.45, 7) is 5.18. The number of H-pyrrole nitrogens is 1. The molecule has 26 heavy (non-hydrogen) atoms. The van der Waals surface area contributed by atoms with E-state index in [1.165, 1.54) is 4.57 Å². The highest BCUT2D eigenvalue weighted by atomic mass is 16.5. The number of nitrogens with one attached hydrogen (secondary N) is 2. The number of hydrogen-bond donors (Lipinski definition) is 2. The zero-order valence-corrected chi connectivity index (χ0v) is 14.6. The minimum atomic E-state index is -0.491. The third-order valence-electron chi connectivity index (χ3n) is 3.95. The fraction of sp³-hybridized carbons (Fsp3) is 0.278. The Hall–Kier alpha value is -3.29. The predicted molar refractivity (Wildman–Crippen MR) is 101 cm³/mol. The zero-order valence-electron chi connectivity index (χ0n) is 14.6. The maximum absolute atomic E-state index is 12.3. The van der Waals surface area contributed by atoms with E-state index in [0.29, 0.717) is 43.2 Å². The van der Waals surface area contributed by atoms with E-state index in [1.807, 2.05) is 30.3 Å². The van der Waals surface area contributed by atoms with Crippen LogP contribution in [0.25, 0.3) is 11.2 Å². The van der Waals surface area contributed by atoms with Gasteiger partial charge in [-0.15, -0.1) is 6.58 Å². The second kappa shape index (κ2) is 7.73. The molecule has 0 amide bonds. The first-order chi connectivity index (χ1) is 12.6. The van der Waals surface area contributed by atoms with Crippen molar-refractivity contribution in [3.8, 4) is 5.75 Å². The van der Waals surface area contributed by atoms with Gasteiger partial charge in [0.25, 0.3) is 5.56 Å². The lowest BCUT2D eigenvalue weighted by molar-refractivity contribution is 0.303. The Morgan fingerprint density at radius 2 is 2.08 bits per heavy atom. The summed E-state index contributed by atoms with van der Waals surface area (Å²) in [5.41, 5.74) is -0.242. The smallest absolute Gasteiger partial charge is 0.329 e. The summed E-state index contributed by atoms with van der Waals surface area (Å²) in [5, 5.41) is 3.11. The van der Waals surface area contributed by atoms with E-state index >= 15 is 0 Å². The topological polar surface area (TPSA) is 93.9 Å². The Labute approximate surface area is 149 Å². The van der Waals surface area contributed by atoms with Crippen LogP contribution >= 0.6 is 0 Å². The van der Waals surface area contributed by atoms with Crippen LogP contribution in [-0.2, 0) is 13.6 Å². The van der Waals surface area contributed by atoms with Gasteiger partial charge in [-0.05, 0) is 18.6 Å². The van der Waals surface area contributed by atoms with Gasteiger partial charge in [-0.1, -0.05) is 24.3 Å². The molecule has 2 aromatic heterocycles. The Morgan fingerprint density at radius 3 is 2.81 bits per heavy atom. The predicted octanol–water partition coefficient (Wildman–Crippen LogP) is 1.49. The molecule has 3 rings (SSSR count). The second-order valence-electron chi connectivity index (χ2n) is 5.76. The van der Waals surface area contributed by atoms with E-state index in [4.69, 9.17) is 4.74 Å². The van der Waals surface area contributed by atoms with Crippen LogP contribution < -0.4 is 21.3 Å². The molecular weight excluding hydrogens is 334 g/mol. The Bertz CT molecular complexity index is 1020. The van der Waals surface area contributed by atoms with Crippen LogP contribution in [0.15, 0.2) is 52.6 Å². The standard InChI is InChI=1S/C18H21N5O3/c1-3-10-19-17-20-15-14(16(24)21-18(25)22(15)2)23(17)11-7-12-26-13-8-5-4-6-9-13/h3-6,8-9H,1,7,10-12H2,2H3,(H,19,20)(H,21,24,25). The minimum absolute atomic E-state index is 0.342. The van der Waals surface area contributed by atoms with Crippen LogP contribution in [0, 0.1) is 0 Å². The van der Waals surface area contributed by atoms with Gasteiger partial charge in [0, 0.05) is 20.1 Å². The van der Waals surface area contributed by atoms with Crippen molar-refractivity contribution in [2.75, 3.05) is 18.5 Å². The lowest BCUT2D eigenvalue weighted by atomic mass is 10.3. The van der Waals surface area contributed by atoms with Crippen LogP contribution in [0.4, 0.5) is 5.95 Å². The molecule has 0 unspecified atom stereocenters. The molecule has 0 aliphatic carbocycles. The molecule has 1 aromatic carbocycles. The van der Waals surface area contributed by atoms with E-state index in [2.05, 4.69) is 21.9 Å². The third-order valence-corrected chi connectivity index (χ3v) is 3.95. The van der Waals surface area contributed by atoms with Crippen molar-refractivity contribution in [2.45, 2.75) is 13.0 Å². The number of aromatic amines is 1. The fourth-order valence-electron chi connectivity index (χ4n) is 2.68. The summed E-state index contributed by atoms with van der Waals surface area (Å²) in [5.74, 6) is 1.32. The minimum Gasteiger partial charge on any atom is -0.494 e. The van der Waals surface area contributed by atoms with Crippen LogP contribution in [0.5, 0.6) is 5.75 Å². The van der Waals surface area contributed by atoms with Crippen LogP contribution in [0.3, 0.4) is 0 Å².